The third-order valence-electron chi connectivity index (χ3n) is 3.18. The number of piperazine rings is 1. The van der Waals surface area contributed by atoms with Crippen molar-refractivity contribution in [3.8, 4) is 0 Å². The highest BCUT2D eigenvalue weighted by Gasteiger charge is 2.17. The molecule has 0 atom stereocenters. The van der Waals surface area contributed by atoms with E-state index in [0.717, 1.165) is 32.2 Å². The van der Waals surface area contributed by atoms with Gasteiger partial charge in [0.2, 0.25) is 0 Å². The van der Waals surface area contributed by atoms with Crippen molar-refractivity contribution in [1.82, 2.24) is 10.3 Å². The number of fused-ring (bicyclic) bond motifs is 1. The van der Waals surface area contributed by atoms with E-state index in [-0.39, 0.29) is 0 Å². The van der Waals surface area contributed by atoms with Gasteiger partial charge in [-0.2, -0.15) is 0 Å². The Labute approximate surface area is 103 Å². The molecule has 1 saturated heterocycles. The Balaban J connectivity index is 2.16. The normalized spacial score (nSPS) is 16.2. The summed E-state index contributed by atoms with van der Waals surface area (Å²) in [6.07, 6.45) is 1.60. The molecule has 0 aliphatic carbocycles. The molecular weight excluding hydrogens is 236 g/mol. The maximum absolute atomic E-state index is 13.9. The minimum atomic E-state index is -0.558. The molecule has 0 unspecified atom stereocenters. The highest BCUT2D eigenvalue weighted by Crippen LogP contribution is 2.28. The fraction of sp³-hybridized carbons (Fsp3) is 0.308. The summed E-state index contributed by atoms with van der Waals surface area (Å²) in [4.78, 5) is 6.28. The second-order valence-corrected chi connectivity index (χ2v) is 4.36. The summed E-state index contributed by atoms with van der Waals surface area (Å²) in [5.74, 6) is -0.504. The smallest absolute Gasteiger partial charge is 0.139 e. The van der Waals surface area contributed by atoms with E-state index in [2.05, 4.69) is 10.3 Å². The summed E-state index contributed by atoms with van der Waals surface area (Å²) in [6, 6.07) is 3.88. The quantitative estimate of drug-likeness (QED) is 0.837. The molecule has 3 nitrogen and oxygen atoms in total. The van der Waals surface area contributed by atoms with Crippen LogP contribution in [0.3, 0.4) is 0 Å². The molecule has 1 aliphatic heterocycles. The first-order valence-corrected chi connectivity index (χ1v) is 5.95. The minimum Gasteiger partial charge on any atom is -0.353 e. The molecule has 1 fully saturated rings. The van der Waals surface area contributed by atoms with Crippen LogP contribution in [0.1, 0.15) is 0 Å². The first kappa shape index (κ1) is 11.3. The van der Waals surface area contributed by atoms with E-state index in [1.54, 1.807) is 12.3 Å². The van der Waals surface area contributed by atoms with Crippen LogP contribution >= 0.6 is 0 Å². The first-order chi connectivity index (χ1) is 8.75. The van der Waals surface area contributed by atoms with E-state index >= 15 is 0 Å². The van der Waals surface area contributed by atoms with Gasteiger partial charge >= 0.3 is 0 Å². The zero-order valence-corrected chi connectivity index (χ0v) is 9.79. The summed E-state index contributed by atoms with van der Waals surface area (Å²) in [5.41, 5.74) is 0. The Morgan fingerprint density at radius 1 is 1.17 bits per heavy atom. The zero-order chi connectivity index (χ0) is 12.5. The van der Waals surface area contributed by atoms with Gasteiger partial charge in [-0.3, -0.25) is 0 Å². The van der Waals surface area contributed by atoms with Gasteiger partial charge in [0.05, 0.1) is 5.39 Å². The zero-order valence-electron chi connectivity index (χ0n) is 9.79. The maximum Gasteiger partial charge on any atom is 0.139 e. The molecule has 2 heterocycles. The van der Waals surface area contributed by atoms with Crippen molar-refractivity contribution in [3.05, 3.63) is 36.0 Å². The summed E-state index contributed by atoms with van der Waals surface area (Å²) >= 11 is 0. The Bertz CT molecular complexity index is 580. The number of nitrogens with one attached hydrogen (secondary N) is 1. The summed E-state index contributed by atoms with van der Waals surface area (Å²) in [5, 5.41) is 4.19. The van der Waals surface area contributed by atoms with Crippen molar-refractivity contribution >= 4 is 16.6 Å². The second-order valence-electron chi connectivity index (χ2n) is 4.36. The number of rotatable bonds is 1. The molecule has 94 valence electrons. The Hall–Kier alpha value is -1.75. The van der Waals surface area contributed by atoms with E-state index in [9.17, 15) is 8.78 Å². The van der Waals surface area contributed by atoms with E-state index in [4.69, 9.17) is 0 Å². The van der Waals surface area contributed by atoms with Crippen molar-refractivity contribution in [1.29, 1.82) is 0 Å². The highest BCUT2D eigenvalue weighted by atomic mass is 19.1. The lowest BCUT2D eigenvalue weighted by atomic mass is 10.1. The number of benzene rings is 1. The Morgan fingerprint density at radius 2 is 1.94 bits per heavy atom. The molecule has 18 heavy (non-hydrogen) atoms. The predicted molar refractivity (Wildman–Crippen MR) is 66.7 cm³/mol. The van der Waals surface area contributed by atoms with E-state index in [1.165, 1.54) is 6.07 Å². The van der Waals surface area contributed by atoms with Crippen LogP contribution in [0.5, 0.6) is 0 Å². The molecule has 2 aromatic rings. The molecular formula is C13H13F2N3. The molecule has 0 amide bonds. The third kappa shape index (κ3) is 1.90. The van der Waals surface area contributed by atoms with Crippen molar-refractivity contribution in [2.45, 2.75) is 0 Å². The second kappa shape index (κ2) is 4.49. The third-order valence-corrected chi connectivity index (χ3v) is 3.18. The van der Waals surface area contributed by atoms with Gasteiger partial charge < -0.3 is 10.2 Å². The van der Waals surface area contributed by atoms with Crippen LogP contribution < -0.4 is 10.2 Å². The number of pyridine rings is 1. The summed E-state index contributed by atoms with van der Waals surface area (Å²) in [7, 11) is 0. The largest absolute Gasteiger partial charge is 0.353 e. The molecule has 0 bridgehead atoms. The molecule has 1 aromatic carbocycles. The average Bonchev–Trinajstić information content (AvgIpc) is 2.38. The monoisotopic (exact) mass is 249 g/mol. The molecule has 0 saturated carbocycles. The lowest BCUT2D eigenvalue weighted by Gasteiger charge is -2.29. The molecule has 1 aromatic heterocycles. The minimum absolute atomic E-state index is 0.404. The van der Waals surface area contributed by atoms with Crippen molar-refractivity contribution in [3.63, 3.8) is 0 Å². The van der Waals surface area contributed by atoms with Crippen LogP contribution in [0, 0.1) is 11.6 Å². The summed E-state index contributed by atoms with van der Waals surface area (Å²) in [6.45, 7) is 3.26. The molecule has 1 N–H and O–H groups in total. The van der Waals surface area contributed by atoms with Crippen LogP contribution in [0.15, 0.2) is 24.4 Å². The molecule has 3 rings (SSSR count). The Kier molecular flexibility index (Phi) is 2.83. The number of anilines is 1. The van der Waals surface area contributed by atoms with Gasteiger partial charge in [-0.1, -0.05) is 0 Å². The SMILES string of the molecule is Fc1cc(F)c2c(N3CCNCC3)nccc2c1. The van der Waals surface area contributed by atoms with Crippen LogP contribution in [0.25, 0.3) is 10.8 Å². The van der Waals surface area contributed by atoms with Crippen LogP contribution in [-0.4, -0.2) is 31.2 Å². The van der Waals surface area contributed by atoms with E-state index in [1.807, 2.05) is 4.90 Å². The fourth-order valence-electron chi connectivity index (χ4n) is 2.33. The van der Waals surface area contributed by atoms with Gasteiger partial charge in [0.1, 0.15) is 17.5 Å². The van der Waals surface area contributed by atoms with Gasteiger partial charge in [0, 0.05) is 38.4 Å². The van der Waals surface area contributed by atoms with Crippen molar-refractivity contribution in [2.75, 3.05) is 31.1 Å². The lowest BCUT2D eigenvalue weighted by molar-refractivity contribution is 0.580. The number of aromatic nitrogens is 1. The standard InChI is InChI=1S/C13H13F2N3/c14-10-7-9-1-2-17-13(12(9)11(15)8-10)18-5-3-16-4-6-18/h1-2,7-8,16H,3-6H2. The van der Waals surface area contributed by atoms with Gasteiger partial charge in [-0.15, -0.1) is 0 Å². The van der Waals surface area contributed by atoms with Gasteiger partial charge in [0.25, 0.3) is 0 Å². The number of halogens is 2. The maximum atomic E-state index is 13.9. The molecule has 0 radical (unpaired) electrons. The van der Waals surface area contributed by atoms with Gasteiger partial charge in [-0.25, -0.2) is 13.8 Å². The molecule has 0 spiro atoms. The highest BCUT2D eigenvalue weighted by molar-refractivity contribution is 5.92. The van der Waals surface area contributed by atoms with Crippen LogP contribution in [0.4, 0.5) is 14.6 Å². The van der Waals surface area contributed by atoms with Crippen molar-refractivity contribution in [2.24, 2.45) is 0 Å². The van der Waals surface area contributed by atoms with Crippen LogP contribution in [-0.2, 0) is 0 Å². The number of hydrogen-bond acceptors (Lipinski definition) is 3. The van der Waals surface area contributed by atoms with Crippen LogP contribution in [0.2, 0.25) is 0 Å². The number of hydrogen-bond donors (Lipinski definition) is 1. The fourth-order valence-corrected chi connectivity index (χ4v) is 2.33. The van der Waals surface area contributed by atoms with Gasteiger partial charge in [-0.05, 0) is 17.5 Å². The predicted octanol–water partition coefficient (Wildman–Crippen LogP) is 1.92. The van der Waals surface area contributed by atoms with E-state index in [0.29, 0.717) is 16.6 Å². The topological polar surface area (TPSA) is 28.2 Å². The Morgan fingerprint density at radius 3 is 2.72 bits per heavy atom. The average molecular weight is 249 g/mol. The van der Waals surface area contributed by atoms with Gasteiger partial charge in [0.15, 0.2) is 0 Å². The lowest BCUT2D eigenvalue weighted by Crippen LogP contribution is -2.44. The van der Waals surface area contributed by atoms with Crippen molar-refractivity contribution < 1.29 is 8.78 Å². The molecule has 1 aliphatic rings. The number of nitrogens with zero attached hydrogens (tertiary/aromatic N) is 2. The van der Waals surface area contributed by atoms with E-state index < -0.39 is 11.6 Å². The molecule has 5 heteroatoms. The first-order valence-electron chi connectivity index (χ1n) is 5.95. The summed E-state index contributed by atoms with van der Waals surface area (Å²) < 4.78 is 27.1.